The van der Waals surface area contributed by atoms with Crippen LogP contribution < -0.4 is 34.7 Å². The van der Waals surface area contributed by atoms with Gasteiger partial charge in [-0.3, -0.25) is 4.79 Å². The van der Waals surface area contributed by atoms with E-state index in [2.05, 4.69) is 4.98 Å². The third-order valence-corrected chi connectivity index (χ3v) is 9.63. The van der Waals surface area contributed by atoms with Gasteiger partial charge in [-0.2, -0.15) is 0 Å². The van der Waals surface area contributed by atoms with Gasteiger partial charge >= 0.3 is 29.6 Å². The van der Waals surface area contributed by atoms with Crippen molar-refractivity contribution in [2.24, 2.45) is 0 Å². The van der Waals surface area contributed by atoms with E-state index in [0.717, 1.165) is 0 Å². The molecule has 1 amide bonds. The van der Waals surface area contributed by atoms with Crippen molar-refractivity contribution in [3.63, 3.8) is 0 Å². The van der Waals surface area contributed by atoms with Gasteiger partial charge in [-0.15, -0.1) is 0 Å². The number of carboxylic acid groups (broad SMARTS) is 1. The summed E-state index contributed by atoms with van der Waals surface area (Å²) in [5, 5.41) is 30.5. The van der Waals surface area contributed by atoms with Crippen LogP contribution in [-0.2, 0) is 21.2 Å². The molecular weight excluding hydrogens is 588 g/mol. The van der Waals surface area contributed by atoms with E-state index in [4.69, 9.17) is 0 Å². The topological polar surface area (TPSA) is 153 Å². The number of sulfone groups is 1. The van der Waals surface area contributed by atoms with Crippen molar-refractivity contribution in [3.8, 4) is 11.4 Å². The number of halogens is 1. The van der Waals surface area contributed by atoms with Crippen molar-refractivity contribution in [2.45, 2.75) is 74.3 Å². The number of hydrogen-bond donors (Lipinski definition) is 2. The van der Waals surface area contributed by atoms with Gasteiger partial charge in [-0.05, 0) is 61.6 Å². The first-order chi connectivity index (χ1) is 19.9. The van der Waals surface area contributed by atoms with Gasteiger partial charge in [0, 0.05) is 37.6 Å². The average molecular weight is 624 g/mol. The molecule has 1 saturated heterocycles. The normalized spacial score (nSPS) is 16.6. The summed E-state index contributed by atoms with van der Waals surface area (Å²) < 4.78 is 41.9. The number of likely N-dealkylation sites (tertiary alicyclic amines) is 1. The zero-order valence-corrected chi connectivity index (χ0v) is 27.3. The Morgan fingerprint density at radius 3 is 2.33 bits per heavy atom. The maximum atomic E-state index is 13.9. The van der Waals surface area contributed by atoms with Gasteiger partial charge in [0.15, 0.2) is 15.5 Å². The van der Waals surface area contributed by atoms with Gasteiger partial charge in [-0.1, -0.05) is 32.0 Å². The van der Waals surface area contributed by atoms with Gasteiger partial charge in [0.2, 0.25) is 0 Å². The second-order valence-corrected chi connectivity index (χ2v) is 13.1. The fourth-order valence-electron chi connectivity index (χ4n) is 5.36. The van der Waals surface area contributed by atoms with Gasteiger partial charge in [0.05, 0.1) is 28.0 Å². The molecule has 0 spiro atoms. The fourth-order valence-corrected chi connectivity index (χ4v) is 7.07. The summed E-state index contributed by atoms with van der Waals surface area (Å²) in [5.41, 5.74) is 1.25. The summed E-state index contributed by atoms with van der Waals surface area (Å²) in [7, 11) is -3.64. The molecule has 10 nitrogen and oxygen atoms in total. The first-order valence-electron chi connectivity index (χ1n) is 13.9. The van der Waals surface area contributed by atoms with Crippen LogP contribution in [0.3, 0.4) is 0 Å². The van der Waals surface area contributed by atoms with Crippen molar-refractivity contribution in [2.75, 3.05) is 13.1 Å². The van der Waals surface area contributed by atoms with E-state index in [1.165, 1.54) is 29.2 Å². The molecule has 4 rings (SSSR count). The Balaban J connectivity index is 0.00000506. The minimum absolute atomic E-state index is 0. The molecule has 1 aromatic heterocycles. The standard InChI is InChI=1S/C30H36FN3O7S.Na/c1-19(2)28-27(30(39)33-14-13-25(18-33)42(40,41)24-6-4-3-5-7-24)32-29(20-8-10-21(31)11-9-20)34(28)15-12-22(35)16-23(36)17-26(37)38;/h3-11,19,22-23,25,35-36H,12-18H2,1-2H3,(H,37,38);/q;+1/p-1/t22-,23-,25?;/m1./s1. The number of carboxylic acids is 1. The van der Waals surface area contributed by atoms with E-state index in [0.29, 0.717) is 17.1 Å². The molecule has 2 heterocycles. The predicted octanol–water partition coefficient (Wildman–Crippen LogP) is -0.853. The summed E-state index contributed by atoms with van der Waals surface area (Å²) in [6, 6.07) is 13.7. The van der Waals surface area contributed by atoms with Gasteiger partial charge in [0.25, 0.3) is 5.91 Å². The molecule has 3 aromatic rings. The summed E-state index contributed by atoms with van der Waals surface area (Å²) >= 11 is 0. The van der Waals surface area contributed by atoms with Crippen molar-refractivity contribution >= 4 is 21.7 Å². The Labute approximate surface area is 272 Å². The Bertz CT molecular complexity index is 1510. The molecule has 0 bridgehead atoms. The maximum Gasteiger partial charge on any atom is 1.00 e. The van der Waals surface area contributed by atoms with Crippen LogP contribution in [-0.4, -0.2) is 75.5 Å². The van der Waals surface area contributed by atoms with Crippen LogP contribution in [0.1, 0.15) is 61.6 Å². The van der Waals surface area contributed by atoms with Crippen molar-refractivity contribution in [3.05, 3.63) is 71.8 Å². The minimum atomic E-state index is -3.64. The van der Waals surface area contributed by atoms with E-state index >= 15 is 0 Å². The molecular formula is C30H35FN3NaO7S. The summed E-state index contributed by atoms with van der Waals surface area (Å²) in [5.74, 6) is -2.13. The number of aliphatic carboxylic acids is 1. The van der Waals surface area contributed by atoms with Crippen LogP contribution >= 0.6 is 0 Å². The minimum Gasteiger partial charge on any atom is -0.550 e. The number of aliphatic hydroxyl groups is 2. The number of amides is 1. The Morgan fingerprint density at radius 2 is 1.72 bits per heavy atom. The van der Waals surface area contributed by atoms with Gasteiger partial charge < -0.3 is 29.6 Å². The predicted molar refractivity (Wildman–Crippen MR) is 151 cm³/mol. The first-order valence-corrected chi connectivity index (χ1v) is 15.4. The van der Waals surface area contributed by atoms with Crippen LogP contribution in [0.25, 0.3) is 11.4 Å². The van der Waals surface area contributed by atoms with Gasteiger partial charge in [-0.25, -0.2) is 17.8 Å². The average Bonchev–Trinajstić information content (AvgIpc) is 3.58. The quantitative estimate of drug-likeness (QED) is 0.248. The van der Waals surface area contributed by atoms with E-state index < -0.39 is 51.4 Å². The smallest absolute Gasteiger partial charge is 0.550 e. The molecule has 3 atom stereocenters. The van der Waals surface area contributed by atoms with Crippen molar-refractivity contribution in [1.29, 1.82) is 0 Å². The van der Waals surface area contributed by atoms with Gasteiger partial charge in [0.1, 0.15) is 11.6 Å². The molecule has 13 heteroatoms. The number of aromatic nitrogens is 2. The number of hydrogen-bond acceptors (Lipinski definition) is 8. The van der Waals surface area contributed by atoms with Crippen LogP contribution in [0.4, 0.5) is 4.39 Å². The van der Waals surface area contributed by atoms with Crippen LogP contribution in [0, 0.1) is 5.82 Å². The second-order valence-electron chi connectivity index (χ2n) is 10.9. The SMILES string of the molecule is CC(C)c1c(C(=O)N2CCC(S(=O)(=O)c3ccccc3)C2)nc(-c2ccc(F)cc2)n1CC[C@@H](O)C[C@@H](O)CC(=O)[O-].[Na+]. The molecule has 0 aliphatic carbocycles. The summed E-state index contributed by atoms with van der Waals surface area (Å²) in [4.78, 5) is 31.0. The number of nitrogens with zero attached hydrogens (tertiary/aromatic N) is 3. The van der Waals surface area contributed by atoms with E-state index in [-0.39, 0.29) is 85.0 Å². The van der Waals surface area contributed by atoms with E-state index in [9.17, 15) is 37.7 Å². The molecule has 0 saturated carbocycles. The van der Waals surface area contributed by atoms with E-state index in [1.807, 2.05) is 13.8 Å². The molecule has 2 aromatic carbocycles. The van der Waals surface area contributed by atoms with Crippen LogP contribution in [0.15, 0.2) is 59.5 Å². The molecule has 43 heavy (non-hydrogen) atoms. The maximum absolute atomic E-state index is 13.9. The molecule has 1 fully saturated rings. The monoisotopic (exact) mass is 623 g/mol. The fraction of sp³-hybridized carbons (Fsp3) is 0.433. The summed E-state index contributed by atoms with van der Waals surface area (Å²) in [6.45, 7) is 4.18. The third kappa shape index (κ3) is 8.31. The van der Waals surface area contributed by atoms with Crippen molar-refractivity contribution in [1.82, 2.24) is 14.5 Å². The number of aliphatic hydroxyl groups excluding tert-OH is 2. The molecule has 1 aliphatic rings. The zero-order valence-electron chi connectivity index (χ0n) is 24.5. The second kappa shape index (κ2) is 14.9. The van der Waals surface area contributed by atoms with E-state index in [1.54, 1.807) is 34.9 Å². The first kappa shape index (κ1) is 34.9. The Hall–Kier alpha value is -2.61. The van der Waals surface area contributed by atoms with Crippen molar-refractivity contribution < 1.29 is 67.3 Å². The molecule has 2 N–H and O–H groups in total. The largest absolute Gasteiger partial charge is 1.00 e. The third-order valence-electron chi connectivity index (χ3n) is 7.43. The Morgan fingerprint density at radius 1 is 1.07 bits per heavy atom. The number of carbonyl (C=O) groups is 2. The molecule has 0 radical (unpaired) electrons. The van der Waals surface area contributed by atoms with Crippen LogP contribution in [0.5, 0.6) is 0 Å². The number of carbonyl (C=O) groups excluding carboxylic acids is 2. The molecule has 1 aliphatic heterocycles. The molecule has 226 valence electrons. The zero-order chi connectivity index (χ0) is 30.6. The number of benzene rings is 2. The molecule has 1 unspecified atom stereocenters. The summed E-state index contributed by atoms with van der Waals surface area (Å²) in [6.07, 6.45) is -2.71. The Kier molecular flexibility index (Phi) is 12.1. The number of imidazole rings is 1. The van der Waals surface area contributed by atoms with Crippen LogP contribution in [0.2, 0.25) is 0 Å². The number of rotatable bonds is 12.